The molecular formula is C15H10O6. The van der Waals surface area contributed by atoms with Crippen LogP contribution < -0.4 is 5.43 Å². The molecule has 2 aromatic carbocycles. The zero-order chi connectivity index (χ0) is 15.1. The fourth-order valence-corrected chi connectivity index (χ4v) is 2.07. The van der Waals surface area contributed by atoms with Crippen molar-refractivity contribution < 1.29 is 24.8 Å². The highest BCUT2D eigenvalue weighted by atomic mass is 16.4. The van der Waals surface area contributed by atoms with E-state index in [-0.39, 0.29) is 28.0 Å². The van der Waals surface area contributed by atoms with E-state index in [1.165, 1.54) is 36.4 Å². The maximum absolute atomic E-state index is 12.1. The predicted octanol–water partition coefficient (Wildman–Crippen LogP) is 2.28. The topological polar surface area (TPSA) is 111 Å². The molecule has 0 bridgehead atoms. The molecule has 0 aliphatic rings. The Balaban J connectivity index is 2.39. The fraction of sp³-hybridized carbons (Fsp3) is 0. The lowest BCUT2D eigenvalue weighted by molar-refractivity contribution is 0.402. The highest BCUT2D eigenvalue weighted by Crippen LogP contribution is 2.40. The Morgan fingerprint density at radius 2 is 1.67 bits per heavy atom. The Hall–Kier alpha value is -3.15. The number of phenols is 3. The SMILES string of the molecule is O=c1c(O)c(-c2cccc(O)c2O)oc2ccc(O)cc12. The zero-order valence-corrected chi connectivity index (χ0v) is 10.6. The van der Waals surface area contributed by atoms with Gasteiger partial charge in [0.2, 0.25) is 11.2 Å². The second-order valence-corrected chi connectivity index (χ2v) is 4.46. The Morgan fingerprint density at radius 1 is 0.905 bits per heavy atom. The van der Waals surface area contributed by atoms with Crippen LogP contribution in [0.2, 0.25) is 0 Å². The van der Waals surface area contributed by atoms with Gasteiger partial charge in [0, 0.05) is 0 Å². The third kappa shape index (κ3) is 1.93. The van der Waals surface area contributed by atoms with E-state index in [4.69, 9.17) is 4.42 Å². The highest BCUT2D eigenvalue weighted by molar-refractivity contribution is 5.84. The summed E-state index contributed by atoms with van der Waals surface area (Å²) in [5.41, 5.74) is -0.627. The molecule has 106 valence electrons. The first-order chi connectivity index (χ1) is 9.99. The van der Waals surface area contributed by atoms with Crippen LogP contribution in [0.15, 0.2) is 45.6 Å². The molecule has 0 amide bonds. The Bertz CT molecular complexity index is 910. The summed E-state index contributed by atoms with van der Waals surface area (Å²) in [5, 5.41) is 38.7. The molecule has 21 heavy (non-hydrogen) atoms. The molecule has 0 saturated carbocycles. The van der Waals surface area contributed by atoms with Crippen LogP contribution in [0.1, 0.15) is 0 Å². The number of phenolic OH excluding ortho intramolecular Hbond substituents is 3. The molecule has 0 atom stereocenters. The van der Waals surface area contributed by atoms with Crippen molar-refractivity contribution in [2.75, 3.05) is 0 Å². The van der Waals surface area contributed by atoms with E-state index in [1.54, 1.807) is 0 Å². The third-order valence-electron chi connectivity index (χ3n) is 3.11. The summed E-state index contributed by atoms with van der Waals surface area (Å²) in [4.78, 5) is 12.1. The van der Waals surface area contributed by atoms with Crippen LogP contribution in [-0.4, -0.2) is 20.4 Å². The van der Waals surface area contributed by atoms with E-state index in [0.29, 0.717) is 0 Å². The lowest BCUT2D eigenvalue weighted by atomic mass is 10.1. The molecule has 0 spiro atoms. The van der Waals surface area contributed by atoms with Gasteiger partial charge in [-0.1, -0.05) is 6.07 Å². The summed E-state index contributed by atoms with van der Waals surface area (Å²) in [6.07, 6.45) is 0. The zero-order valence-electron chi connectivity index (χ0n) is 10.6. The van der Waals surface area contributed by atoms with Crippen LogP contribution in [0.5, 0.6) is 23.0 Å². The summed E-state index contributed by atoms with van der Waals surface area (Å²) in [6.45, 7) is 0. The first kappa shape index (κ1) is 12.9. The van der Waals surface area contributed by atoms with Gasteiger partial charge in [0.15, 0.2) is 17.3 Å². The summed E-state index contributed by atoms with van der Waals surface area (Å²) < 4.78 is 5.42. The number of aromatic hydroxyl groups is 4. The van der Waals surface area contributed by atoms with Crippen molar-refractivity contribution in [1.29, 1.82) is 0 Å². The molecule has 0 aliphatic heterocycles. The number of hydrogen-bond donors (Lipinski definition) is 4. The van der Waals surface area contributed by atoms with E-state index < -0.39 is 22.7 Å². The van der Waals surface area contributed by atoms with Crippen molar-refractivity contribution in [2.45, 2.75) is 0 Å². The van der Waals surface area contributed by atoms with E-state index >= 15 is 0 Å². The highest BCUT2D eigenvalue weighted by Gasteiger charge is 2.19. The molecule has 0 aliphatic carbocycles. The van der Waals surface area contributed by atoms with Crippen molar-refractivity contribution in [1.82, 2.24) is 0 Å². The van der Waals surface area contributed by atoms with Gasteiger partial charge >= 0.3 is 0 Å². The lowest BCUT2D eigenvalue weighted by Gasteiger charge is -2.08. The van der Waals surface area contributed by atoms with Gasteiger partial charge in [0.25, 0.3) is 0 Å². The lowest BCUT2D eigenvalue weighted by Crippen LogP contribution is -2.02. The van der Waals surface area contributed by atoms with Gasteiger partial charge < -0.3 is 24.8 Å². The van der Waals surface area contributed by atoms with Gasteiger partial charge in [-0.15, -0.1) is 0 Å². The van der Waals surface area contributed by atoms with Crippen LogP contribution in [0.3, 0.4) is 0 Å². The predicted molar refractivity (Wildman–Crippen MR) is 74.6 cm³/mol. The van der Waals surface area contributed by atoms with Crippen LogP contribution in [-0.2, 0) is 0 Å². The van der Waals surface area contributed by atoms with E-state index in [2.05, 4.69) is 0 Å². The smallest absolute Gasteiger partial charge is 0.235 e. The first-order valence-corrected chi connectivity index (χ1v) is 5.99. The minimum absolute atomic E-state index is 0.0101. The number of rotatable bonds is 1. The number of hydrogen-bond acceptors (Lipinski definition) is 6. The minimum Gasteiger partial charge on any atom is -0.508 e. The molecule has 1 aromatic heterocycles. The summed E-state index contributed by atoms with van der Waals surface area (Å²) in [7, 11) is 0. The number of fused-ring (bicyclic) bond motifs is 1. The van der Waals surface area contributed by atoms with Gasteiger partial charge in [-0.25, -0.2) is 0 Å². The maximum Gasteiger partial charge on any atom is 0.235 e. The molecule has 0 fully saturated rings. The minimum atomic E-state index is -0.745. The van der Waals surface area contributed by atoms with Crippen molar-refractivity contribution in [3.05, 3.63) is 46.6 Å². The average Bonchev–Trinajstić information content (AvgIpc) is 2.47. The van der Waals surface area contributed by atoms with Gasteiger partial charge in [0.1, 0.15) is 11.3 Å². The molecule has 3 aromatic rings. The second kappa shape index (κ2) is 4.45. The monoisotopic (exact) mass is 286 g/mol. The maximum atomic E-state index is 12.1. The molecular weight excluding hydrogens is 276 g/mol. The molecule has 3 rings (SSSR count). The number of benzene rings is 2. The fourth-order valence-electron chi connectivity index (χ4n) is 2.07. The Labute approximate surface area is 117 Å². The number of para-hydroxylation sites is 1. The van der Waals surface area contributed by atoms with E-state index in [1.807, 2.05) is 0 Å². The van der Waals surface area contributed by atoms with Gasteiger partial charge in [-0.05, 0) is 30.3 Å². The second-order valence-electron chi connectivity index (χ2n) is 4.46. The normalized spacial score (nSPS) is 10.9. The van der Waals surface area contributed by atoms with Crippen LogP contribution in [0, 0.1) is 0 Å². The molecule has 0 unspecified atom stereocenters. The van der Waals surface area contributed by atoms with E-state index in [9.17, 15) is 25.2 Å². The van der Waals surface area contributed by atoms with Gasteiger partial charge in [-0.2, -0.15) is 0 Å². The summed E-state index contributed by atoms with van der Waals surface area (Å²) in [6, 6.07) is 7.95. The Kier molecular flexibility index (Phi) is 2.72. The van der Waals surface area contributed by atoms with Crippen molar-refractivity contribution in [3.8, 4) is 34.3 Å². The third-order valence-corrected chi connectivity index (χ3v) is 3.11. The molecule has 0 saturated heterocycles. The standard InChI is InChI=1S/C15H10O6/c16-7-4-5-11-9(6-7)13(19)14(20)15(21-11)8-2-1-3-10(17)12(8)18/h1-6,16-18,20H. The molecule has 0 radical (unpaired) electrons. The Morgan fingerprint density at radius 3 is 2.43 bits per heavy atom. The molecule has 4 N–H and O–H groups in total. The summed E-state index contributed by atoms with van der Waals surface area (Å²) >= 11 is 0. The van der Waals surface area contributed by atoms with Crippen molar-refractivity contribution >= 4 is 11.0 Å². The average molecular weight is 286 g/mol. The summed E-state index contributed by atoms with van der Waals surface area (Å²) in [5.74, 6) is -2.02. The first-order valence-electron chi connectivity index (χ1n) is 5.99. The van der Waals surface area contributed by atoms with Crippen molar-refractivity contribution in [3.63, 3.8) is 0 Å². The molecule has 6 nitrogen and oxygen atoms in total. The van der Waals surface area contributed by atoms with E-state index in [0.717, 1.165) is 0 Å². The van der Waals surface area contributed by atoms with Crippen LogP contribution >= 0.6 is 0 Å². The molecule has 6 heteroatoms. The van der Waals surface area contributed by atoms with Crippen LogP contribution in [0.25, 0.3) is 22.3 Å². The quantitative estimate of drug-likeness (QED) is 0.511. The van der Waals surface area contributed by atoms with Crippen LogP contribution in [0.4, 0.5) is 0 Å². The molecule has 1 heterocycles. The largest absolute Gasteiger partial charge is 0.508 e. The van der Waals surface area contributed by atoms with Crippen molar-refractivity contribution in [2.24, 2.45) is 0 Å². The van der Waals surface area contributed by atoms with Gasteiger partial charge in [-0.3, -0.25) is 4.79 Å². The van der Waals surface area contributed by atoms with Gasteiger partial charge in [0.05, 0.1) is 10.9 Å².